The lowest BCUT2D eigenvalue weighted by molar-refractivity contribution is -0.137. The topological polar surface area (TPSA) is 28.5 Å². The highest BCUT2D eigenvalue weighted by atomic mass is 19.4. The van der Waals surface area contributed by atoms with Gasteiger partial charge in [-0.05, 0) is 35.4 Å². The lowest BCUT2D eigenvalue weighted by atomic mass is 9.91. The number of hydrogen-bond acceptors (Lipinski definition) is 3. The molecule has 2 aliphatic heterocycles. The molecule has 1 aromatic heterocycles. The third-order valence-electron chi connectivity index (χ3n) is 6.12. The average molecular weight is 441 g/mol. The summed E-state index contributed by atoms with van der Waals surface area (Å²) >= 11 is 0. The molecule has 0 radical (unpaired) electrons. The Morgan fingerprint density at radius 2 is 1.52 bits per heavy atom. The first-order valence-corrected chi connectivity index (χ1v) is 10.7. The minimum Gasteiger partial charge on any atom is -0.324 e. The molecule has 0 amide bonds. The molecule has 0 spiro atoms. The molecule has 3 nitrogen and oxygen atoms in total. The van der Waals surface area contributed by atoms with E-state index in [9.17, 15) is 13.2 Å². The summed E-state index contributed by atoms with van der Waals surface area (Å²) in [6.45, 7) is 1.29. The van der Waals surface area contributed by atoms with E-state index < -0.39 is 11.7 Å². The number of hydrogen-bond donors (Lipinski definition) is 0. The Kier molecular flexibility index (Phi) is 4.37. The van der Waals surface area contributed by atoms with Crippen LogP contribution in [0.4, 0.5) is 13.2 Å². The lowest BCUT2D eigenvalue weighted by Gasteiger charge is -2.31. The molecule has 0 saturated heterocycles. The fraction of sp³-hybridized carbons (Fsp3) is 0.111. The first kappa shape index (κ1) is 19.7. The third-order valence-corrected chi connectivity index (χ3v) is 6.12. The van der Waals surface area contributed by atoms with Crippen LogP contribution in [0.3, 0.4) is 0 Å². The van der Waals surface area contributed by atoms with E-state index in [-0.39, 0.29) is 0 Å². The number of benzene rings is 3. The first-order valence-electron chi connectivity index (χ1n) is 10.7. The molecule has 0 fully saturated rings. The van der Waals surface area contributed by atoms with E-state index in [2.05, 4.69) is 11.0 Å². The summed E-state index contributed by atoms with van der Waals surface area (Å²) in [7, 11) is 0. The average Bonchev–Trinajstić information content (AvgIpc) is 3.33. The Labute approximate surface area is 188 Å². The first-order chi connectivity index (χ1) is 16.0. The van der Waals surface area contributed by atoms with Crippen molar-refractivity contribution in [1.29, 1.82) is 0 Å². The Morgan fingerprint density at radius 3 is 2.27 bits per heavy atom. The van der Waals surface area contributed by atoms with Crippen molar-refractivity contribution < 1.29 is 13.2 Å². The summed E-state index contributed by atoms with van der Waals surface area (Å²) in [6, 6.07) is 23.3. The Balaban J connectivity index is 1.62. The van der Waals surface area contributed by atoms with Crippen LogP contribution in [0, 0.1) is 0 Å². The third kappa shape index (κ3) is 3.21. The van der Waals surface area contributed by atoms with Crippen molar-refractivity contribution in [3.63, 3.8) is 0 Å². The number of fused-ring (bicyclic) bond motifs is 5. The second-order valence-electron chi connectivity index (χ2n) is 8.09. The Morgan fingerprint density at radius 1 is 0.788 bits per heavy atom. The van der Waals surface area contributed by atoms with Gasteiger partial charge in [0.1, 0.15) is 5.84 Å². The van der Waals surface area contributed by atoms with E-state index in [0.717, 1.165) is 62.5 Å². The molecule has 0 saturated carbocycles. The van der Waals surface area contributed by atoms with Gasteiger partial charge in [-0.3, -0.25) is 4.99 Å². The maximum Gasteiger partial charge on any atom is 0.416 e. The van der Waals surface area contributed by atoms with E-state index >= 15 is 0 Å². The van der Waals surface area contributed by atoms with Gasteiger partial charge >= 0.3 is 6.18 Å². The van der Waals surface area contributed by atoms with Gasteiger partial charge in [0.15, 0.2) is 0 Å². The summed E-state index contributed by atoms with van der Waals surface area (Å²) in [5, 5.41) is 0.992. The van der Waals surface area contributed by atoms with Crippen molar-refractivity contribution in [1.82, 2.24) is 9.88 Å². The van der Waals surface area contributed by atoms with Crippen LogP contribution in [0.5, 0.6) is 0 Å². The number of amidine groups is 1. The molecule has 0 N–H and O–H groups in total. The zero-order valence-electron chi connectivity index (χ0n) is 17.5. The second kappa shape index (κ2) is 7.30. The summed E-state index contributed by atoms with van der Waals surface area (Å²) in [5.74, 6) is 0.819. The van der Waals surface area contributed by atoms with Crippen molar-refractivity contribution in [2.45, 2.75) is 6.18 Å². The van der Waals surface area contributed by atoms with E-state index in [1.807, 2.05) is 54.6 Å². The standard InChI is InChI=1S/C27H18F3N3/c28-27(29,30)19-12-10-17(11-13-19)23-16-21-20-8-4-5-9-22(20)32-25(18-6-2-1-3-7-18)24(21)26-31-14-15-33(23)26/h1-13,16H,14-15H2. The Bertz CT molecular complexity index is 1440. The molecule has 6 heteroatoms. The molecular weight excluding hydrogens is 423 g/mol. The van der Waals surface area contributed by atoms with Crippen molar-refractivity contribution in [3.05, 3.63) is 101 Å². The zero-order chi connectivity index (χ0) is 22.6. The van der Waals surface area contributed by atoms with E-state index in [1.54, 1.807) is 0 Å². The van der Waals surface area contributed by atoms with Gasteiger partial charge in [0.05, 0.1) is 34.6 Å². The predicted octanol–water partition coefficient (Wildman–Crippen LogP) is 6.49. The van der Waals surface area contributed by atoms with Gasteiger partial charge in [-0.2, -0.15) is 13.2 Å². The molecule has 33 heavy (non-hydrogen) atoms. The number of rotatable bonds is 2. The number of halogens is 3. The fourth-order valence-corrected chi connectivity index (χ4v) is 4.60. The molecule has 0 bridgehead atoms. The summed E-state index contributed by atoms with van der Waals surface area (Å²) in [4.78, 5) is 11.9. The fourth-order valence-electron chi connectivity index (χ4n) is 4.60. The van der Waals surface area contributed by atoms with E-state index in [0.29, 0.717) is 13.1 Å². The van der Waals surface area contributed by atoms with Crippen molar-refractivity contribution in [2.24, 2.45) is 4.99 Å². The molecule has 2 aliphatic rings. The van der Waals surface area contributed by atoms with Gasteiger partial charge < -0.3 is 4.90 Å². The monoisotopic (exact) mass is 441 g/mol. The highest BCUT2D eigenvalue weighted by molar-refractivity contribution is 6.19. The van der Waals surface area contributed by atoms with E-state index in [4.69, 9.17) is 9.98 Å². The van der Waals surface area contributed by atoms with Crippen molar-refractivity contribution in [2.75, 3.05) is 13.1 Å². The number of pyridine rings is 1. The van der Waals surface area contributed by atoms with Gasteiger partial charge in [-0.25, -0.2) is 4.98 Å². The van der Waals surface area contributed by atoms with Crippen molar-refractivity contribution >= 4 is 28.5 Å². The largest absolute Gasteiger partial charge is 0.416 e. The van der Waals surface area contributed by atoms with Crippen LogP contribution in [-0.4, -0.2) is 28.8 Å². The number of aliphatic imine (C=N–C) groups is 1. The van der Waals surface area contributed by atoms with Crippen LogP contribution >= 0.6 is 0 Å². The quantitative estimate of drug-likeness (QED) is 0.356. The molecule has 4 aromatic rings. The van der Waals surface area contributed by atoms with Crippen LogP contribution in [0.15, 0.2) is 83.9 Å². The molecule has 3 heterocycles. The summed E-state index contributed by atoms with van der Waals surface area (Å²) in [6.07, 6.45) is -2.29. The van der Waals surface area contributed by atoms with Crippen molar-refractivity contribution in [3.8, 4) is 11.3 Å². The van der Waals surface area contributed by atoms with Gasteiger partial charge in [0.25, 0.3) is 0 Å². The van der Waals surface area contributed by atoms with Gasteiger partial charge in [-0.15, -0.1) is 0 Å². The minimum absolute atomic E-state index is 0.619. The highest BCUT2D eigenvalue weighted by Crippen LogP contribution is 2.41. The van der Waals surface area contributed by atoms with Crippen LogP contribution < -0.4 is 0 Å². The van der Waals surface area contributed by atoms with E-state index in [1.165, 1.54) is 12.1 Å². The molecule has 6 rings (SSSR count). The summed E-state index contributed by atoms with van der Waals surface area (Å²) in [5.41, 5.74) is 5.61. The van der Waals surface area contributed by atoms with Gasteiger partial charge in [0, 0.05) is 17.5 Å². The summed E-state index contributed by atoms with van der Waals surface area (Å²) < 4.78 is 39.3. The second-order valence-corrected chi connectivity index (χ2v) is 8.09. The van der Waals surface area contributed by atoms with Crippen LogP contribution in [0.25, 0.3) is 33.9 Å². The number of para-hydroxylation sites is 1. The normalized spacial score (nSPS) is 15.2. The molecular formula is C27H18F3N3. The highest BCUT2D eigenvalue weighted by Gasteiger charge is 2.34. The number of nitrogens with zero attached hydrogens (tertiary/aromatic N) is 3. The maximum atomic E-state index is 13.1. The van der Waals surface area contributed by atoms with Crippen LogP contribution in [0.2, 0.25) is 0 Å². The lowest BCUT2D eigenvalue weighted by Crippen LogP contribution is -2.31. The molecule has 0 atom stereocenters. The molecule has 0 aliphatic carbocycles. The van der Waals surface area contributed by atoms with Gasteiger partial charge in [-0.1, -0.05) is 60.7 Å². The Hall–Kier alpha value is -3.93. The number of aromatic nitrogens is 1. The molecule has 162 valence electrons. The maximum absolute atomic E-state index is 13.1. The minimum atomic E-state index is -4.36. The zero-order valence-corrected chi connectivity index (χ0v) is 17.5. The predicted molar refractivity (Wildman–Crippen MR) is 125 cm³/mol. The van der Waals surface area contributed by atoms with Crippen LogP contribution in [0.1, 0.15) is 22.3 Å². The smallest absolute Gasteiger partial charge is 0.324 e. The van der Waals surface area contributed by atoms with Crippen LogP contribution in [-0.2, 0) is 6.18 Å². The molecule has 3 aromatic carbocycles. The van der Waals surface area contributed by atoms with Gasteiger partial charge in [0.2, 0.25) is 0 Å². The number of alkyl halides is 3. The SMILES string of the molecule is FC(F)(F)c1ccc(C2=Cc3c(c(-c4ccccc4)nc4ccccc34)C3=NCCN23)cc1. The molecule has 0 unspecified atom stereocenters.